The van der Waals surface area contributed by atoms with Crippen molar-refractivity contribution in [1.82, 2.24) is 9.88 Å². The number of ether oxygens (including phenoxy) is 2. The standard InChI is InChI=1S/C23H24N4O4/c1-2-30-21-13-17(7-8-20(21)31-16-22(28)27-10-3-4-11-27)12-18(14-24)23(29)26-19-6-5-9-25-15-19/h5-9,12-13,15H,2-4,10-11,16H2,1H3,(H,26,29)/b18-12+. The molecule has 8 heteroatoms. The minimum atomic E-state index is -0.537. The van der Waals surface area contributed by atoms with Crippen molar-refractivity contribution in [3.8, 4) is 17.6 Å². The molecule has 1 aliphatic rings. The number of rotatable bonds is 8. The van der Waals surface area contributed by atoms with Gasteiger partial charge >= 0.3 is 0 Å². The predicted molar refractivity (Wildman–Crippen MR) is 115 cm³/mol. The molecular formula is C23H24N4O4. The molecule has 2 amide bonds. The molecule has 1 saturated heterocycles. The van der Waals surface area contributed by atoms with Crippen molar-refractivity contribution in [2.45, 2.75) is 19.8 Å². The van der Waals surface area contributed by atoms with Crippen LogP contribution < -0.4 is 14.8 Å². The van der Waals surface area contributed by atoms with Crippen LogP contribution in [0, 0.1) is 11.3 Å². The highest BCUT2D eigenvalue weighted by Gasteiger charge is 2.19. The van der Waals surface area contributed by atoms with Gasteiger partial charge in [0.25, 0.3) is 11.8 Å². The summed E-state index contributed by atoms with van der Waals surface area (Å²) in [5, 5.41) is 12.1. The van der Waals surface area contributed by atoms with Gasteiger partial charge in [-0.05, 0) is 55.7 Å². The highest BCUT2D eigenvalue weighted by Crippen LogP contribution is 2.29. The predicted octanol–water partition coefficient (Wildman–Crippen LogP) is 3.03. The Hall–Kier alpha value is -3.86. The Labute approximate surface area is 181 Å². The topological polar surface area (TPSA) is 105 Å². The zero-order chi connectivity index (χ0) is 22.1. The van der Waals surface area contributed by atoms with Crippen LogP contribution in [0.15, 0.2) is 48.3 Å². The van der Waals surface area contributed by atoms with Crippen LogP contribution in [0.25, 0.3) is 6.08 Å². The SMILES string of the molecule is CCOc1cc(/C=C(\C#N)C(=O)Nc2cccnc2)ccc1OCC(=O)N1CCCC1. The van der Waals surface area contributed by atoms with E-state index < -0.39 is 5.91 Å². The maximum atomic E-state index is 12.4. The van der Waals surface area contributed by atoms with Gasteiger partial charge in [0.05, 0.1) is 18.5 Å². The number of aromatic nitrogens is 1. The number of anilines is 1. The fraction of sp³-hybridized carbons (Fsp3) is 0.304. The van der Waals surface area contributed by atoms with Gasteiger partial charge in [0.15, 0.2) is 18.1 Å². The molecule has 160 valence electrons. The summed E-state index contributed by atoms with van der Waals surface area (Å²) in [6.45, 7) is 3.71. The number of carbonyl (C=O) groups excluding carboxylic acids is 2. The van der Waals surface area contributed by atoms with Crippen LogP contribution in [0.5, 0.6) is 11.5 Å². The highest BCUT2D eigenvalue weighted by atomic mass is 16.5. The minimum absolute atomic E-state index is 0.0530. The first-order valence-corrected chi connectivity index (χ1v) is 10.1. The van der Waals surface area contributed by atoms with Gasteiger partial charge in [0.1, 0.15) is 11.6 Å². The molecule has 1 aromatic heterocycles. The molecule has 2 heterocycles. The average molecular weight is 420 g/mol. The third-order valence-electron chi connectivity index (χ3n) is 4.67. The average Bonchev–Trinajstić information content (AvgIpc) is 3.32. The number of hydrogen-bond acceptors (Lipinski definition) is 6. The van der Waals surface area contributed by atoms with Crippen LogP contribution >= 0.6 is 0 Å². The van der Waals surface area contributed by atoms with Crippen molar-refractivity contribution in [2.75, 3.05) is 31.6 Å². The smallest absolute Gasteiger partial charge is 0.266 e. The molecule has 0 bridgehead atoms. The Kier molecular flexibility index (Phi) is 7.60. The molecular weight excluding hydrogens is 396 g/mol. The first-order valence-electron chi connectivity index (χ1n) is 10.1. The van der Waals surface area contributed by atoms with Crippen LogP contribution in [0.4, 0.5) is 5.69 Å². The Morgan fingerprint density at radius 2 is 2.03 bits per heavy atom. The second-order valence-electron chi connectivity index (χ2n) is 6.88. The Morgan fingerprint density at radius 3 is 2.71 bits per heavy atom. The maximum absolute atomic E-state index is 12.4. The number of nitrogens with zero attached hydrogens (tertiary/aromatic N) is 3. The molecule has 1 aliphatic heterocycles. The van der Waals surface area contributed by atoms with Gasteiger partial charge in [-0.25, -0.2) is 0 Å². The van der Waals surface area contributed by atoms with E-state index in [2.05, 4.69) is 10.3 Å². The van der Waals surface area contributed by atoms with Crippen LogP contribution in [0.3, 0.4) is 0 Å². The number of carbonyl (C=O) groups is 2. The van der Waals surface area contributed by atoms with E-state index in [1.807, 2.05) is 13.0 Å². The number of pyridine rings is 1. The van der Waals surface area contributed by atoms with E-state index in [0.717, 1.165) is 25.9 Å². The fourth-order valence-corrected chi connectivity index (χ4v) is 3.15. The van der Waals surface area contributed by atoms with Crippen molar-refractivity contribution in [3.05, 3.63) is 53.9 Å². The van der Waals surface area contributed by atoms with E-state index in [9.17, 15) is 14.9 Å². The number of hydrogen-bond donors (Lipinski definition) is 1. The molecule has 0 saturated carbocycles. The summed E-state index contributed by atoms with van der Waals surface area (Å²) in [4.78, 5) is 30.3. The quantitative estimate of drug-likeness (QED) is 0.520. The number of nitriles is 1. The van der Waals surface area contributed by atoms with E-state index in [-0.39, 0.29) is 18.1 Å². The normalized spacial score (nSPS) is 13.4. The second-order valence-corrected chi connectivity index (χ2v) is 6.88. The van der Waals surface area contributed by atoms with E-state index in [0.29, 0.717) is 29.4 Å². The van der Waals surface area contributed by atoms with E-state index in [1.54, 1.807) is 41.4 Å². The summed E-state index contributed by atoms with van der Waals surface area (Å²) in [5.41, 5.74) is 1.03. The third kappa shape index (κ3) is 6.06. The number of nitrogens with one attached hydrogen (secondary N) is 1. The van der Waals surface area contributed by atoms with Gasteiger partial charge in [-0.2, -0.15) is 5.26 Å². The van der Waals surface area contributed by atoms with Crippen LogP contribution in [0.2, 0.25) is 0 Å². The minimum Gasteiger partial charge on any atom is -0.490 e. The molecule has 1 fully saturated rings. The lowest BCUT2D eigenvalue weighted by atomic mass is 10.1. The number of amides is 2. The first-order chi connectivity index (χ1) is 15.1. The summed E-state index contributed by atoms with van der Waals surface area (Å²) in [7, 11) is 0. The molecule has 0 radical (unpaired) electrons. The Bertz CT molecular complexity index is 992. The third-order valence-corrected chi connectivity index (χ3v) is 4.67. The molecule has 3 rings (SSSR count). The summed E-state index contributed by atoms with van der Waals surface area (Å²) in [6.07, 6.45) is 6.59. The fourth-order valence-electron chi connectivity index (χ4n) is 3.15. The maximum Gasteiger partial charge on any atom is 0.266 e. The molecule has 1 N–H and O–H groups in total. The van der Waals surface area contributed by atoms with Crippen molar-refractivity contribution < 1.29 is 19.1 Å². The van der Waals surface area contributed by atoms with Crippen LogP contribution in [0.1, 0.15) is 25.3 Å². The summed E-state index contributed by atoms with van der Waals surface area (Å²) < 4.78 is 11.3. The molecule has 1 aromatic carbocycles. The zero-order valence-electron chi connectivity index (χ0n) is 17.3. The molecule has 2 aromatic rings. The lowest BCUT2D eigenvalue weighted by Gasteiger charge is -2.17. The number of benzene rings is 1. The molecule has 31 heavy (non-hydrogen) atoms. The molecule has 0 atom stereocenters. The summed E-state index contributed by atoms with van der Waals surface area (Å²) >= 11 is 0. The number of likely N-dealkylation sites (tertiary alicyclic amines) is 1. The van der Waals surface area contributed by atoms with Gasteiger partial charge in [0, 0.05) is 19.3 Å². The van der Waals surface area contributed by atoms with Crippen molar-refractivity contribution in [3.63, 3.8) is 0 Å². The highest BCUT2D eigenvalue weighted by molar-refractivity contribution is 6.09. The zero-order valence-corrected chi connectivity index (χ0v) is 17.3. The van der Waals surface area contributed by atoms with E-state index in [4.69, 9.17) is 9.47 Å². The summed E-state index contributed by atoms with van der Waals surface area (Å²) in [5.74, 6) is 0.285. The van der Waals surface area contributed by atoms with Gasteiger partial charge in [0.2, 0.25) is 0 Å². The van der Waals surface area contributed by atoms with E-state index in [1.165, 1.54) is 12.3 Å². The Balaban J connectivity index is 1.72. The van der Waals surface area contributed by atoms with Crippen molar-refractivity contribution in [2.24, 2.45) is 0 Å². The molecule has 0 unspecified atom stereocenters. The summed E-state index contributed by atoms with van der Waals surface area (Å²) in [6, 6.07) is 10.3. The molecule has 0 aliphatic carbocycles. The van der Waals surface area contributed by atoms with Gasteiger partial charge in [-0.3, -0.25) is 14.6 Å². The van der Waals surface area contributed by atoms with Crippen molar-refractivity contribution in [1.29, 1.82) is 5.26 Å². The van der Waals surface area contributed by atoms with Gasteiger partial charge < -0.3 is 19.7 Å². The van der Waals surface area contributed by atoms with Crippen LogP contribution in [-0.2, 0) is 9.59 Å². The van der Waals surface area contributed by atoms with E-state index >= 15 is 0 Å². The van der Waals surface area contributed by atoms with Crippen molar-refractivity contribution >= 4 is 23.6 Å². The molecule has 8 nitrogen and oxygen atoms in total. The Morgan fingerprint density at radius 1 is 1.23 bits per heavy atom. The lowest BCUT2D eigenvalue weighted by Crippen LogP contribution is -2.32. The second kappa shape index (κ2) is 10.8. The first kappa shape index (κ1) is 21.8. The van der Waals surface area contributed by atoms with Crippen LogP contribution in [-0.4, -0.2) is 48.0 Å². The van der Waals surface area contributed by atoms with Gasteiger partial charge in [-0.15, -0.1) is 0 Å². The largest absolute Gasteiger partial charge is 0.490 e. The lowest BCUT2D eigenvalue weighted by molar-refractivity contribution is -0.132. The monoisotopic (exact) mass is 420 g/mol. The van der Waals surface area contributed by atoms with Gasteiger partial charge in [-0.1, -0.05) is 6.07 Å². The molecule has 0 spiro atoms.